The molecule has 0 saturated carbocycles. The van der Waals surface area contributed by atoms with E-state index in [2.05, 4.69) is 4.98 Å². The molecule has 2 atom stereocenters. The Morgan fingerprint density at radius 3 is 2.72 bits per heavy atom. The number of rotatable bonds is 7. The minimum absolute atomic E-state index is 0.434. The Morgan fingerprint density at radius 2 is 2.03 bits per heavy atom. The van der Waals surface area contributed by atoms with Gasteiger partial charge in [-0.25, -0.2) is 4.79 Å². The fraction of sp³-hybridized carbons (Fsp3) is 0.217. The number of carboxylic acids is 1. The summed E-state index contributed by atoms with van der Waals surface area (Å²) in [6.07, 6.45) is 3.57. The lowest BCUT2D eigenvalue weighted by molar-refractivity contribution is -0.139. The van der Waals surface area contributed by atoms with Crippen LogP contribution in [0.5, 0.6) is 5.75 Å². The zero-order valence-corrected chi connectivity index (χ0v) is 18.5. The van der Waals surface area contributed by atoms with Crippen LogP contribution in [0.3, 0.4) is 0 Å². The average Bonchev–Trinajstić information content (AvgIpc) is 2.78. The fourth-order valence-electron chi connectivity index (χ4n) is 4.02. The Morgan fingerprint density at radius 1 is 1.22 bits per heavy atom. The van der Waals surface area contributed by atoms with E-state index in [1.807, 2.05) is 24.3 Å². The summed E-state index contributed by atoms with van der Waals surface area (Å²) < 4.78 is 31.3. The van der Waals surface area contributed by atoms with Gasteiger partial charge in [-0.05, 0) is 54.7 Å². The predicted octanol–water partition coefficient (Wildman–Crippen LogP) is 4.54. The zero-order valence-electron chi connectivity index (χ0n) is 16.9. The first-order valence-electron chi connectivity index (χ1n) is 10.0. The van der Waals surface area contributed by atoms with E-state index >= 15 is 0 Å². The molecule has 1 heterocycles. The van der Waals surface area contributed by atoms with Crippen molar-refractivity contribution in [1.29, 1.82) is 0 Å². The summed E-state index contributed by atoms with van der Waals surface area (Å²) in [6.45, 7) is -0.453. The molecule has 0 radical (unpaired) electrons. The van der Waals surface area contributed by atoms with Gasteiger partial charge in [-0.1, -0.05) is 41.9 Å². The topological polar surface area (TPSA) is 103 Å². The van der Waals surface area contributed by atoms with Gasteiger partial charge < -0.3 is 14.4 Å². The van der Waals surface area contributed by atoms with Crippen molar-refractivity contribution >= 4 is 34.5 Å². The van der Waals surface area contributed by atoms with Gasteiger partial charge in [0.25, 0.3) is 0 Å². The minimum atomic E-state index is -2.55. The van der Waals surface area contributed by atoms with Crippen LogP contribution in [0.1, 0.15) is 30.0 Å². The molecular formula is C23H20ClN2O5S-. The average molecular weight is 472 g/mol. The molecule has 7 nitrogen and oxygen atoms in total. The maximum Gasteiger partial charge on any atom is 0.341 e. The number of ether oxygens (including phenoxy) is 1. The van der Waals surface area contributed by atoms with Gasteiger partial charge in [0.15, 0.2) is 6.61 Å². The van der Waals surface area contributed by atoms with Crippen molar-refractivity contribution in [2.45, 2.75) is 25.3 Å². The molecule has 0 aliphatic heterocycles. The van der Waals surface area contributed by atoms with Crippen LogP contribution < -0.4 is 9.04 Å². The maximum atomic E-state index is 12.3. The third-order valence-corrected chi connectivity index (χ3v) is 6.50. The Kier molecular flexibility index (Phi) is 6.74. The van der Waals surface area contributed by atoms with E-state index in [0.717, 1.165) is 23.1 Å². The van der Waals surface area contributed by atoms with Crippen LogP contribution in [-0.2, 0) is 22.5 Å². The van der Waals surface area contributed by atoms with Gasteiger partial charge in [0.1, 0.15) is 5.75 Å². The molecule has 1 N–H and O–H groups in total. The van der Waals surface area contributed by atoms with E-state index in [1.165, 1.54) is 10.5 Å². The molecule has 9 heteroatoms. The van der Waals surface area contributed by atoms with Crippen LogP contribution in [0, 0.1) is 0 Å². The lowest BCUT2D eigenvalue weighted by Gasteiger charge is -2.38. The van der Waals surface area contributed by atoms with Gasteiger partial charge in [-0.15, -0.1) is 0 Å². The van der Waals surface area contributed by atoms with Crippen LogP contribution in [0.15, 0.2) is 60.8 Å². The number of pyridine rings is 1. The molecule has 166 valence electrons. The number of halogens is 1. The third kappa shape index (κ3) is 4.62. The molecule has 4 rings (SSSR count). The fourth-order valence-corrected chi connectivity index (χ4v) is 4.96. The first-order chi connectivity index (χ1) is 15.5. The normalized spacial score (nSPS) is 16.1. The summed E-state index contributed by atoms with van der Waals surface area (Å²) in [5.74, 6) is -0.597. The van der Waals surface area contributed by atoms with Crippen molar-refractivity contribution in [2.24, 2.45) is 0 Å². The number of anilines is 1. The van der Waals surface area contributed by atoms with E-state index in [0.29, 0.717) is 35.0 Å². The maximum absolute atomic E-state index is 12.3. The lowest BCUT2D eigenvalue weighted by atomic mass is 9.87. The number of aromatic nitrogens is 1. The zero-order chi connectivity index (χ0) is 22.7. The molecule has 3 aromatic rings. The molecule has 32 heavy (non-hydrogen) atoms. The summed E-state index contributed by atoms with van der Waals surface area (Å²) in [6, 6.07) is 15.6. The molecule has 0 saturated heterocycles. The van der Waals surface area contributed by atoms with Crippen molar-refractivity contribution in [1.82, 2.24) is 4.98 Å². The number of fused-ring (bicyclic) bond motifs is 1. The van der Waals surface area contributed by atoms with Crippen molar-refractivity contribution in [3.8, 4) is 17.0 Å². The molecule has 2 aromatic carbocycles. The summed E-state index contributed by atoms with van der Waals surface area (Å²) >= 11 is 3.70. The Bertz CT molecular complexity index is 1160. The summed E-state index contributed by atoms with van der Waals surface area (Å²) in [7, 11) is 0. The molecular weight excluding hydrogens is 452 g/mol. The number of nitrogens with zero attached hydrogens (tertiary/aromatic N) is 2. The Balaban J connectivity index is 1.68. The largest absolute Gasteiger partial charge is 0.755 e. The van der Waals surface area contributed by atoms with Crippen LogP contribution in [-0.4, -0.2) is 31.4 Å². The molecule has 1 aromatic heterocycles. The van der Waals surface area contributed by atoms with Crippen molar-refractivity contribution in [3.63, 3.8) is 0 Å². The monoisotopic (exact) mass is 471 g/mol. The number of carbonyl (C=O) groups is 1. The Labute approximate surface area is 193 Å². The molecule has 0 bridgehead atoms. The number of hydrogen-bond donors (Lipinski definition) is 1. The van der Waals surface area contributed by atoms with E-state index in [4.69, 9.17) is 21.4 Å². The van der Waals surface area contributed by atoms with Gasteiger partial charge in [0, 0.05) is 21.9 Å². The molecule has 1 aliphatic rings. The second-order valence-electron chi connectivity index (χ2n) is 7.34. The highest BCUT2D eigenvalue weighted by Crippen LogP contribution is 2.41. The predicted molar refractivity (Wildman–Crippen MR) is 121 cm³/mol. The van der Waals surface area contributed by atoms with E-state index < -0.39 is 29.9 Å². The second kappa shape index (κ2) is 9.68. The van der Waals surface area contributed by atoms with E-state index in [-0.39, 0.29) is 0 Å². The first kappa shape index (κ1) is 22.3. The number of carboxylic acid groups (broad SMARTS) is 1. The highest BCUT2D eigenvalue weighted by atomic mass is 35.5. The van der Waals surface area contributed by atoms with Gasteiger partial charge in [0.05, 0.1) is 23.6 Å². The Hall–Kier alpha value is -2.94. The highest BCUT2D eigenvalue weighted by molar-refractivity contribution is 7.80. The van der Waals surface area contributed by atoms with Gasteiger partial charge in [-0.3, -0.25) is 13.5 Å². The molecule has 0 amide bonds. The van der Waals surface area contributed by atoms with Crippen LogP contribution in [0.25, 0.3) is 11.3 Å². The van der Waals surface area contributed by atoms with Crippen LogP contribution in [0.4, 0.5) is 5.69 Å². The standard InChI is InChI=1S/C23H21ClN2O5S/c24-19-8-2-1-5-18(19)20-12-11-15(13-25-20)26(32(29)30)21-9-3-7-17-16(21)6-4-10-22(17)31-14-23(27)28/h1-2,4-6,8,10-13,21H,3,7,9,14H2,(H,27,28)(H,29,30)/p-1. The van der Waals surface area contributed by atoms with Crippen LogP contribution >= 0.6 is 11.6 Å². The summed E-state index contributed by atoms with van der Waals surface area (Å²) in [5, 5.41) is 9.49. The van der Waals surface area contributed by atoms with E-state index in [1.54, 1.807) is 30.3 Å². The summed E-state index contributed by atoms with van der Waals surface area (Å²) in [4.78, 5) is 15.3. The number of aliphatic carboxylic acids is 1. The van der Waals surface area contributed by atoms with Crippen molar-refractivity contribution in [2.75, 3.05) is 10.9 Å². The smallest absolute Gasteiger partial charge is 0.341 e. The van der Waals surface area contributed by atoms with Crippen LogP contribution in [0.2, 0.25) is 5.02 Å². The van der Waals surface area contributed by atoms with Gasteiger partial charge in [-0.2, -0.15) is 0 Å². The van der Waals surface area contributed by atoms with Crippen molar-refractivity contribution < 1.29 is 23.4 Å². The quantitative estimate of drug-likeness (QED) is 0.507. The molecule has 1 aliphatic carbocycles. The molecule has 2 unspecified atom stereocenters. The molecule has 0 fully saturated rings. The SMILES string of the molecule is O=C(O)COc1cccc2c1CCCC2N(c1ccc(-c2ccccc2Cl)nc1)S(=O)[O-]. The van der Waals surface area contributed by atoms with Gasteiger partial charge >= 0.3 is 5.97 Å². The first-order valence-corrected chi connectivity index (χ1v) is 11.4. The second-order valence-corrected chi connectivity index (χ2v) is 8.57. The van der Waals surface area contributed by atoms with Crippen molar-refractivity contribution in [3.05, 3.63) is 76.9 Å². The number of hydrogen-bond acceptors (Lipinski definition) is 5. The third-order valence-electron chi connectivity index (χ3n) is 5.38. The minimum Gasteiger partial charge on any atom is -0.755 e. The number of benzene rings is 2. The summed E-state index contributed by atoms with van der Waals surface area (Å²) in [5.41, 5.74) is 3.48. The molecule has 0 spiro atoms. The highest BCUT2D eigenvalue weighted by Gasteiger charge is 2.29. The lowest BCUT2D eigenvalue weighted by Crippen LogP contribution is -2.33. The van der Waals surface area contributed by atoms with E-state index in [9.17, 15) is 13.6 Å². The van der Waals surface area contributed by atoms with Gasteiger partial charge in [0.2, 0.25) is 0 Å².